The molecular weight excluding hydrogens is 254 g/mol. The number of hydrogen-bond acceptors (Lipinski definition) is 4. The molecule has 0 fully saturated rings. The summed E-state index contributed by atoms with van der Waals surface area (Å²) in [6.07, 6.45) is 2.83. The van der Waals surface area contributed by atoms with Crippen molar-refractivity contribution in [2.75, 3.05) is 5.32 Å². The number of carbonyl (C=O) groups is 1. The van der Waals surface area contributed by atoms with Crippen molar-refractivity contribution in [1.29, 1.82) is 0 Å². The third-order valence-electron chi connectivity index (χ3n) is 2.28. The van der Waals surface area contributed by atoms with E-state index in [1.54, 1.807) is 10.7 Å². The van der Waals surface area contributed by atoms with Crippen molar-refractivity contribution in [1.82, 2.24) is 19.7 Å². The molecule has 0 aromatic carbocycles. The third kappa shape index (κ3) is 2.65. The Morgan fingerprint density at radius 3 is 2.94 bits per heavy atom. The second-order valence-electron chi connectivity index (χ2n) is 3.67. The van der Waals surface area contributed by atoms with E-state index in [0.29, 0.717) is 18.1 Å². The molecule has 0 aliphatic heterocycles. The molecule has 1 amide bonds. The highest BCUT2D eigenvalue weighted by atomic mass is 35.5. The number of aromatic nitrogens is 4. The van der Waals surface area contributed by atoms with Crippen molar-refractivity contribution in [2.45, 2.75) is 20.4 Å². The van der Waals surface area contributed by atoms with Crippen LogP contribution in [-0.4, -0.2) is 25.7 Å². The van der Waals surface area contributed by atoms with E-state index in [1.165, 1.54) is 12.4 Å². The first-order valence-corrected chi connectivity index (χ1v) is 5.81. The molecule has 2 aromatic heterocycles. The Hall–Kier alpha value is -1.95. The van der Waals surface area contributed by atoms with Crippen molar-refractivity contribution in [3.8, 4) is 0 Å². The summed E-state index contributed by atoms with van der Waals surface area (Å²) in [5, 5.41) is 7.06. The monoisotopic (exact) mass is 265 g/mol. The summed E-state index contributed by atoms with van der Waals surface area (Å²) in [7, 11) is 0. The lowest BCUT2D eigenvalue weighted by Gasteiger charge is -2.05. The van der Waals surface area contributed by atoms with Crippen molar-refractivity contribution in [3.63, 3.8) is 0 Å². The maximum Gasteiger partial charge on any atom is 0.275 e. The number of amides is 1. The first-order chi connectivity index (χ1) is 8.60. The van der Waals surface area contributed by atoms with Crippen molar-refractivity contribution in [2.24, 2.45) is 0 Å². The third-order valence-corrected chi connectivity index (χ3v) is 2.46. The second-order valence-corrected chi connectivity index (χ2v) is 4.06. The van der Waals surface area contributed by atoms with Crippen molar-refractivity contribution < 1.29 is 4.79 Å². The van der Waals surface area contributed by atoms with Crippen LogP contribution in [0, 0.1) is 6.92 Å². The zero-order valence-electron chi connectivity index (χ0n) is 10.0. The molecule has 6 nitrogen and oxygen atoms in total. The minimum Gasteiger partial charge on any atom is -0.304 e. The Bertz CT molecular complexity index is 581. The Labute approximate surface area is 109 Å². The molecule has 0 bridgehead atoms. The number of aryl methyl sites for hydroxylation is 2. The molecule has 2 rings (SSSR count). The Kier molecular flexibility index (Phi) is 3.57. The number of nitrogens with one attached hydrogen (secondary N) is 1. The van der Waals surface area contributed by atoms with Gasteiger partial charge in [-0.1, -0.05) is 11.6 Å². The van der Waals surface area contributed by atoms with Gasteiger partial charge in [0.25, 0.3) is 5.91 Å². The van der Waals surface area contributed by atoms with Crippen LogP contribution in [0.15, 0.2) is 18.5 Å². The molecule has 0 saturated heterocycles. The van der Waals surface area contributed by atoms with Crippen LogP contribution in [0.1, 0.15) is 23.1 Å². The predicted molar refractivity (Wildman–Crippen MR) is 67.6 cm³/mol. The molecule has 0 atom stereocenters. The van der Waals surface area contributed by atoms with Crippen molar-refractivity contribution in [3.05, 3.63) is 35.0 Å². The van der Waals surface area contributed by atoms with Crippen LogP contribution < -0.4 is 5.32 Å². The van der Waals surface area contributed by atoms with E-state index >= 15 is 0 Å². The molecule has 2 aromatic rings. The fourth-order valence-corrected chi connectivity index (χ4v) is 1.70. The number of anilines is 1. The van der Waals surface area contributed by atoms with Crippen molar-refractivity contribution >= 4 is 23.3 Å². The van der Waals surface area contributed by atoms with Crippen LogP contribution in [0.4, 0.5) is 5.82 Å². The van der Waals surface area contributed by atoms with Gasteiger partial charge in [0.05, 0.1) is 18.1 Å². The van der Waals surface area contributed by atoms with Gasteiger partial charge in [0.15, 0.2) is 5.82 Å². The van der Waals surface area contributed by atoms with Gasteiger partial charge in [0.2, 0.25) is 0 Å². The summed E-state index contributed by atoms with van der Waals surface area (Å²) in [5.41, 5.74) is 1.27. The van der Waals surface area contributed by atoms with Crippen LogP contribution in [-0.2, 0) is 6.54 Å². The lowest BCUT2D eigenvalue weighted by molar-refractivity contribution is 0.101. The zero-order chi connectivity index (χ0) is 13.1. The molecule has 0 spiro atoms. The Morgan fingerprint density at radius 2 is 2.28 bits per heavy atom. The Balaban J connectivity index is 2.21. The normalized spacial score (nSPS) is 10.4. The minimum absolute atomic E-state index is 0.230. The highest BCUT2D eigenvalue weighted by Gasteiger charge is 2.13. The van der Waals surface area contributed by atoms with Crippen LogP contribution in [0.2, 0.25) is 5.15 Å². The van der Waals surface area contributed by atoms with Gasteiger partial charge in [-0.05, 0) is 19.9 Å². The lowest BCUT2D eigenvalue weighted by Crippen LogP contribution is -2.18. The Morgan fingerprint density at radius 1 is 1.50 bits per heavy atom. The van der Waals surface area contributed by atoms with Gasteiger partial charge in [0, 0.05) is 6.54 Å². The summed E-state index contributed by atoms with van der Waals surface area (Å²) in [6, 6.07) is 1.72. The van der Waals surface area contributed by atoms with E-state index < -0.39 is 0 Å². The van der Waals surface area contributed by atoms with Gasteiger partial charge in [-0.3, -0.25) is 14.5 Å². The van der Waals surface area contributed by atoms with Crippen LogP contribution in [0.25, 0.3) is 0 Å². The van der Waals surface area contributed by atoms with Gasteiger partial charge < -0.3 is 5.32 Å². The summed E-state index contributed by atoms with van der Waals surface area (Å²) < 4.78 is 1.63. The van der Waals surface area contributed by atoms with Crippen LogP contribution in [0.3, 0.4) is 0 Å². The largest absolute Gasteiger partial charge is 0.304 e. The van der Waals surface area contributed by atoms with E-state index in [9.17, 15) is 4.79 Å². The lowest BCUT2D eigenvalue weighted by atomic mass is 10.3. The summed E-state index contributed by atoms with van der Waals surface area (Å²) in [4.78, 5) is 19.8. The fraction of sp³-hybridized carbons (Fsp3) is 0.273. The van der Waals surface area contributed by atoms with Gasteiger partial charge >= 0.3 is 0 Å². The standard InChI is InChI=1S/C11H12ClN5O/c1-3-17-8(4-7(2)16-17)11(18)15-10-6-13-5-9(12)14-10/h4-6H,3H2,1-2H3,(H,14,15,18). The molecule has 0 aliphatic rings. The van der Waals surface area contributed by atoms with E-state index in [0.717, 1.165) is 5.69 Å². The number of carbonyl (C=O) groups excluding carboxylic acids is 1. The number of nitrogens with zero attached hydrogens (tertiary/aromatic N) is 4. The summed E-state index contributed by atoms with van der Waals surface area (Å²) in [6.45, 7) is 4.38. The smallest absolute Gasteiger partial charge is 0.275 e. The topological polar surface area (TPSA) is 72.7 Å². The van der Waals surface area contributed by atoms with Gasteiger partial charge in [-0.25, -0.2) is 4.98 Å². The zero-order valence-corrected chi connectivity index (χ0v) is 10.8. The van der Waals surface area contributed by atoms with Gasteiger partial charge in [-0.2, -0.15) is 5.10 Å². The number of rotatable bonds is 3. The molecule has 1 N–H and O–H groups in total. The molecule has 0 radical (unpaired) electrons. The molecule has 2 heterocycles. The first kappa shape index (κ1) is 12.5. The molecule has 0 unspecified atom stereocenters. The SMILES string of the molecule is CCn1nc(C)cc1C(=O)Nc1cncc(Cl)n1. The van der Waals surface area contributed by atoms with E-state index in [-0.39, 0.29) is 11.1 Å². The van der Waals surface area contributed by atoms with E-state index in [2.05, 4.69) is 20.4 Å². The van der Waals surface area contributed by atoms with Gasteiger partial charge in [0.1, 0.15) is 10.8 Å². The fourth-order valence-electron chi connectivity index (χ4n) is 1.55. The predicted octanol–water partition coefficient (Wildman–Crippen LogP) is 1.91. The van der Waals surface area contributed by atoms with E-state index in [4.69, 9.17) is 11.6 Å². The molecule has 94 valence electrons. The summed E-state index contributed by atoms with van der Waals surface area (Å²) in [5.74, 6) is 0.0306. The molecule has 7 heteroatoms. The molecular formula is C11H12ClN5O. The highest BCUT2D eigenvalue weighted by molar-refractivity contribution is 6.29. The highest BCUT2D eigenvalue weighted by Crippen LogP contribution is 2.10. The maximum atomic E-state index is 12.0. The number of halogens is 1. The van der Waals surface area contributed by atoms with Crippen LogP contribution >= 0.6 is 11.6 Å². The second kappa shape index (κ2) is 5.14. The molecule has 0 saturated carbocycles. The minimum atomic E-state index is -0.283. The quantitative estimate of drug-likeness (QED) is 0.920. The average Bonchev–Trinajstić information content (AvgIpc) is 2.70. The van der Waals surface area contributed by atoms with Crippen LogP contribution in [0.5, 0.6) is 0 Å². The number of hydrogen-bond donors (Lipinski definition) is 1. The summed E-state index contributed by atoms with van der Waals surface area (Å²) >= 11 is 5.69. The first-order valence-electron chi connectivity index (χ1n) is 5.43. The maximum absolute atomic E-state index is 12.0. The van der Waals surface area contributed by atoms with Gasteiger partial charge in [-0.15, -0.1) is 0 Å². The molecule has 0 aliphatic carbocycles. The average molecular weight is 266 g/mol. The van der Waals surface area contributed by atoms with E-state index in [1.807, 2.05) is 13.8 Å². The molecule has 18 heavy (non-hydrogen) atoms.